The molecular weight excluding hydrogens is 268 g/mol. The summed E-state index contributed by atoms with van der Waals surface area (Å²) in [5.41, 5.74) is 6.92. The predicted octanol–water partition coefficient (Wildman–Crippen LogP) is 1.96. The number of hydrogen-bond acceptors (Lipinski definition) is 4. The van der Waals surface area contributed by atoms with Crippen LogP contribution in [0.15, 0.2) is 12.1 Å². The van der Waals surface area contributed by atoms with E-state index in [0.717, 1.165) is 5.56 Å². The topological polar surface area (TPSA) is 73.6 Å². The molecule has 19 heavy (non-hydrogen) atoms. The second-order valence-electron chi connectivity index (χ2n) is 4.15. The van der Waals surface area contributed by atoms with Crippen LogP contribution in [0.25, 0.3) is 0 Å². The van der Waals surface area contributed by atoms with Gasteiger partial charge in [0.25, 0.3) is 0 Å². The Balaban J connectivity index is 2.81. The number of carbonyl (C=O) groups excluding carboxylic acids is 1. The lowest BCUT2D eigenvalue weighted by molar-refractivity contribution is -0.118. The maximum Gasteiger partial charge on any atom is 0.227 e. The molecule has 3 N–H and O–H groups in total. The summed E-state index contributed by atoms with van der Waals surface area (Å²) >= 11 is 6.00. The molecule has 1 unspecified atom stereocenters. The van der Waals surface area contributed by atoms with E-state index in [2.05, 4.69) is 5.32 Å². The van der Waals surface area contributed by atoms with Gasteiger partial charge in [0, 0.05) is 24.7 Å². The first kappa shape index (κ1) is 15.8. The van der Waals surface area contributed by atoms with Gasteiger partial charge in [0.1, 0.15) is 5.75 Å². The zero-order valence-corrected chi connectivity index (χ0v) is 12.1. The molecule has 1 rings (SSSR count). The van der Waals surface area contributed by atoms with Gasteiger partial charge >= 0.3 is 0 Å². The van der Waals surface area contributed by atoms with Crippen LogP contribution in [0.1, 0.15) is 12.0 Å². The van der Waals surface area contributed by atoms with Crippen LogP contribution in [0.3, 0.4) is 0 Å². The number of nitrogens with two attached hydrogens (primary N) is 1. The third-order valence-corrected chi connectivity index (χ3v) is 3.17. The van der Waals surface area contributed by atoms with Crippen molar-refractivity contribution in [2.24, 2.45) is 5.73 Å². The second kappa shape index (κ2) is 7.33. The van der Waals surface area contributed by atoms with Crippen LogP contribution in [-0.2, 0) is 9.53 Å². The largest absolute Gasteiger partial charge is 0.495 e. The Morgan fingerprint density at radius 2 is 2.16 bits per heavy atom. The Labute approximate surface area is 118 Å². The van der Waals surface area contributed by atoms with Gasteiger partial charge in [-0.3, -0.25) is 4.79 Å². The number of ether oxygens (including phenoxy) is 2. The number of methoxy groups -OCH3 is 2. The molecule has 0 aliphatic rings. The fraction of sp³-hybridized carbons (Fsp3) is 0.462. The number of hydrogen-bond donors (Lipinski definition) is 2. The van der Waals surface area contributed by atoms with Crippen LogP contribution in [0.2, 0.25) is 5.02 Å². The molecule has 6 heteroatoms. The van der Waals surface area contributed by atoms with Crippen molar-refractivity contribution >= 4 is 23.2 Å². The Kier molecular flexibility index (Phi) is 6.08. The fourth-order valence-electron chi connectivity index (χ4n) is 1.60. The molecule has 0 aliphatic heterocycles. The number of amides is 1. The first-order valence-corrected chi connectivity index (χ1v) is 6.26. The zero-order chi connectivity index (χ0) is 14.4. The molecular formula is C13H19ClN2O3. The lowest BCUT2D eigenvalue weighted by Crippen LogP contribution is -2.28. The third-order valence-electron chi connectivity index (χ3n) is 2.76. The van der Waals surface area contributed by atoms with Gasteiger partial charge < -0.3 is 20.5 Å². The van der Waals surface area contributed by atoms with E-state index >= 15 is 0 Å². The van der Waals surface area contributed by atoms with Gasteiger partial charge in [0.2, 0.25) is 5.91 Å². The lowest BCUT2D eigenvalue weighted by Gasteiger charge is -2.15. The minimum absolute atomic E-state index is 0.183. The van der Waals surface area contributed by atoms with Crippen molar-refractivity contribution in [2.75, 3.05) is 26.1 Å². The van der Waals surface area contributed by atoms with Gasteiger partial charge in [0.05, 0.1) is 25.3 Å². The third kappa shape index (κ3) is 4.38. The average Bonchev–Trinajstić information content (AvgIpc) is 2.39. The monoisotopic (exact) mass is 286 g/mol. The van der Waals surface area contributed by atoms with Crippen LogP contribution in [-0.4, -0.2) is 32.8 Å². The number of anilines is 1. The van der Waals surface area contributed by atoms with Crippen molar-refractivity contribution in [3.63, 3.8) is 0 Å². The number of halogens is 1. The van der Waals surface area contributed by atoms with Gasteiger partial charge in [0.15, 0.2) is 0 Å². The maximum atomic E-state index is 11.9. The number of aryl methyl sites for hydroxylation is 1. The van der Waals surface area contributed by atoms with Crippen molar-refractivity contribution in [3.05, 3.63) is 22.7 Å². The molecule has 0 spiro atoms. The Morgan fingerprint density at radius 3 is 2.68 bits per heavy atom. The van der Waals surface area contributed by atoms with E-state index in [4.69, 9.17) is 26.8 Å². The highest BCUT2D eigenvalue weighted by molar-refractivity contribution is 6.31. The molecule has 0 saturated heterocycles. The molecule has 0 bridgehead atoms. The molecule has 1 aromatic rings. The first-order valence-electron chi connectivity index (χ1n) is 5.88. The number of carbonyl (C=O) groups is 1. The number of rotatable bonds is 6. The lowest BCUT2D eigenvalue weighted by atomic mass is 10.2. The van der Waals surface area contributed by atoms with E-state index in [9.17, 15) is 4.79 Å². The summed E-state index contributed by atoms with van der Waals surface area (Å²) in [6.45, 7) is 2.15. The van der Waals surface area contributed by atoms with Crippen molar-refractivity contribution in [3.8, 4) is 5.75 Å². The normalized spacial score (nSPS) is 12.1. The van der Waals surface area contributed by atoms with Crippen molar-refractivity contribution < 1.29 is 14.3 Å². The van der Waals surface area contributed by atoms with Crippen molar-refractivity contribution in [2.45, 2.75) is 19.4 Å². The van der Waals surface area contributed by atoms with Crippen LogP contribution >= 0.6 is 11.6 Å². The Bertz CT molecular complexity index is 448. The van der Waals surface area contributed by atoms with E-state index in [1.807, 2.05) is 6.92 Å². The van der Waals surface area contributed by atoms with Crippen LogP contribution < -0.4 is 15.8 Å². The summed E-state index contributed by atoms with van der Waals surface area (Å²) in [7, 11) is 3.05. The molecule has 0 saturated carbocycles. The van der Waals surface area contributed by atoms with Gasteiger partial charge in [-0.15, -0.1) is 0 Å². The van der Waals surface area contributed by atoms with E-state index in [1.54, 1.807) is 12.1 Å². The van der Waals surface area contributed by atoms with E-state index < -0.39 is 0 Å². The minimum atomic E-state index is -0.292. The quantitative estimate of drug-likeness (QED) is 0.838. The molecule has 0 radical (unpaired) electrons. The first-order chi connectivity index (χ1) is 9.01. The molecule has 0 fully saturated rings. The van der Waals surface area contributed by atoms with Crippen molar-refractivity contribution in [1.29, 1.82) is 0 Å². The molecule has 5 nitrogen and oxygen atoms in total. The molecule has 0 aliphatic carbocycles. The van der Waals surface area contributed by atoms with E-state index in [-0.39, 0.29) is 18.4 Å². The molecule has 0 heterocycles. The fourth-order valence-corrected chi connectivity index (χ4v) is 1.75. The van der Waals surface area contributed by atoms with E-state index in [0.29, 0.717) is 23.0 Å². The molecule has 1 aromatic carbocycles. The smallest absolute Gasteiger partial charge is 0.227 e. The summed E-state index contributed by atoms with van der Waals surface area (Å²) in [4.78, 5) is 11.9. The van der Waals surface area contributed by atoms with Crippen molar-refractivity contribution in [1.82, 2.24) is 0 Å². The minimum Gasteiger partial charge on any atom is -0.495 e. The highest BCUT2D eigenvalue weighted by Crippen LogP contribution is 2.31. The van der Waals surface area contributed by atoms with Gasteiger partial charge in [-0.1, -0.05) is 11.6 Å². The van der Waals surface area contributed by atoms with Gasteiger partial charge in [-0.2, -0.15) is 0 Å². The number of benzene rings is 1. The van der Waals surface area contributed by atoms with Crippen LogP contribution in [0.5, 0.6) is 5.75 Å². The highest BCUT2D eigenvalue weighted by Gasteiger charge is 2.14. The summed E-state index contributed by atoms with van der Waals surface area (Å²) < 4.78 is 10.3. The molecule has 1 atom stereocenters. The molecule has 1 amide bonds. The standard InChI is InChI=1S/C13H19ClN2O3/c1-8-4-11(12(19-3)6-10(8)14)16-13(17)5-9(7-15)18-2/h4,6,9H,5,7,15H2,1-3H3,(H,16,17). The summed E-state index contributed by atoms with van der Waals surface area (Å²) in [5, 5.41) is 3.36. The van der Waals surface area contributed by atoms with Crippen LogP contribution in [0, 0.1) is 6.92 Å². The number of nitrogens with one attached hydrogen (secondary N) is 1. The van der Waals surface area contributed by atoms with E-state index in [1.165, 1.54) is 14.2 Å². The van der Waals surface area contributed by atoms with Crippen LogP contribution in [0.4, 0.5) is 5.69 Å². The summed E-state index contributed by atoms with van der Waals surface area (Å²) in [5.74, 6) is 0.336. The van der Waals surface area contributed by atoms with Gasteiger partial charge in [-0.05, 0) is 18.6 Å². The summed E-state index contributed by atoms with van der Waals surface area (Å²) in [6, 6.07) is 3.44. The Morgan fingerprint density at radius 1 is 1.47 bits per heavy atom. The molecule has 0 aromatic heterocycles. The predicted molar refractivity (Wildman–Crippen MR) is 75.8 cm³/mol. The SMILES string of the molecule is COc1cc(Cl)c(C)cc1NC(=O)CC(CN)OC. The van der Waals surface area contributed by atoms with Gasteiger partial charge in [-0.25, -0.2) is 0 Å². The Hall–Kier alpha value is -1.30. The molecule has 106 valence electrons. The summed E-state index contributed by atoms with van der Waals surface area (Å²) in [6.07, 6.45) is -0.0999. The maximum absolute atomic E-state index is 11.9. The zero-order valence-electron chi connectivity index (χ0n) is 11.3. The second-order valence-corrected chi connectivity index (χ2v) is 4.55. The average molecular weight is 287 g/mol. The highest BCUT2D eigenvalue weighted by atomic mass is 35.5.